The number of hydrogen-bond acceptors (Lipinski definition) is 5. The first-order valence-corrected chi connectivity index (χ1v) is 11.9. The molecule has 2 heterocycles. The summed E-state index contributed by atoms with van der Waals surface area (Å²) in [5.41, 5.74) is 3.12. The number of rotatable bonds is 8. The minimum atomic E-state index is -0.333. The second-order valence-corrected chi connectivity index (χ2v) is 9.02. The second kappa shape index (κ2) is 10.7. The van der Waals surface area contributed by atoms with Gasteiger partial charge in [-0.05, 0) is 60.2 Å². The Balaban J connectivity index is 1.59. The largest absolute Gasteiger partial charge is 0.484 e. The molecule has 0 bridgehead atoms. The van der Waals surface area contributed by atoms with Gasteiger partial charge in [0.25, 0.3) is 5.91 Å². The van der Waals surface area contributed by atoms with Crippen molar-refractivity contribution >= 4 is 11.8 Å². The van der Waals surface area contributed by atoms with Crippen LogP contribution in [-0.4, -0.2) is 34.8 Å². The molecule has 7 nitrogen and oxygen atoms in total. The Bertz CT molecular complexity index is 1190. The van der Waals surface area contributed by atoms with E-state index >= 15 is 0 Å². The molecule has 1 aromatic heterocycles. The van der Waals surface area contributed by atoms with Crippen molar-refractivity contribution in [2.45, 2.75) is 46.3 Å². The van der Waals surface area contributed by atoms with Crippen molar-refractivity contribution in [3.8, 4) is 5.75 Å². The number of halogens is 1. The summed E-state index contributed by atoms with van der Waals surface area (Å²) < 4.78 is 24.9. The summed E-state index contributed by atoms with van der Waals surface area (Å²) in [7, 11) is 0. The van der Waals surface area contributed by atoms with Gasteiger partial charge in [0.2, 0.25) is 11.8 Å². The highest BCUT2D eigenvalue weighted by Gasteiger charge is 2.32. The van der Waals surface area contributed by atoms with Crippen LogP contribution in [0.2, 0.25) is 0 Å². The maximum atomic E-state index is 13.7. The molecule has 1 atom stereocenters. The minimum Gasteiger partial charge on any atom is -0.484 e. The molecule has 1 aliphatic rings. The maximum Gasteiger partial charge on any atom is 0.273 e. The van der Waals surface area contributed by atoms with Crippen molar-refractivity contribution in [3.05, 3.63) is 82.8 Å². The van der Waals surface area contributed by atoms with E-state index in [9.17, 15) is 14.0 Å². The number of nitrogens with one attached hydrogen (secondary N) is 1. The molecule has 0 radical (unpaired) electrons. The molecule has 0 aliphatic carbocycles. The van der Waals surface area contributed by atoms with Gasteiger partial charge in [0.15, 0.2) is 12.3 Å². The van der Waals surface area contributed by atoms with E-state index in [1.54, 1.807) is 12.1 Å². The zero-order chi connectivity index (χ0) is 24.9. The fourth-order valence-corrected chi connectivity index (χ4v) is 4.30. The van der Waals surface area contributed by atoms with E-state index in [1.165, 1.54) is 18.4 Å². The van der Waals surface area contributed by atoms with Gasteiger partial charge in [0.05, 0.1) is 6.04 Å². The first-order valence-electron chi connectivity index (χ1n) is 11.9. The van der Waals surface area contributed by atoms with Crippen LogP contribution in [0.15, 0.2) is 53.1 Å². The van der Waals surface area contributed by atoms with E-state index in [0.29, 0.717) is 25.3 Å². The van der Waals surface area contributed by atoms with Crippen LogP contribution >= 0.6 is 0 Å². The van der Waals surface area contributed by atoms with E-state index in [2.05, 4.69) is 10.3 Å². The molecule has 0 unspecified atom stereocenters. The Morgan fingerprint density at radius 3 is 2.71 bits per heavy atom. The zero-order valence-electron chi connectivity index (χ0n) is 20.2. The van der Waals surface area contributed by atoms with Crippen LogP contribution in [0.1, 0.15) is 66.3 Å². The molecule has 2 amide bonds. The molecule has 2 aromatic carbocycles. The Morgan fingerprint density at radius 2 is 2.00 bits per heavy atom. The standard InChI is InChI=1S/C27H30FN3O4/c1-4-29-27(33)23-15-35-24(30-23)16-34-21-10-7-18-11-12-31(25(32)13-17(2)3)26(22(18)14-21)19-5-8-20(28)9-6-19/h5-10,14-15,17,26H,4,11-13,16H2,1-3H3,(H,29,33)/t26-/m0/s1. The summed E-state index contributed by atoms with van der Waals surface area (Å²) >= 11 is 0. The first kappa shape index (κ1) is 24.4. The number of oxazole rings is 1. The SMILES string of the molecule is CCNC(=O)c1coc(COc2ccc3c(c2)[C@H](c2ccc(F)cc2)N(C(=O)CC(C)C)CC3)n1. The number of fused-ring (bicyclic) bond motifs is 1. The van der Waals surface area contributed by atoms with E-state index < -0.39 is 0 Å². The van der Waals surface area contributed by atoms with Crippen molar-refractivity contribution in [3.63, 3.8) is 0 Å². The summed E-state index contributed by atoms with van der Waals surface area (Å²) in [4.78, 5) is 31.1. The summed E-state index contributed by atoms with van der Waals surface area (Å²) in [6, 6.07) is 11.8. The highest BCUT2D eigenvalue weighted by molar-refractivity contribution is 5.91. The number of ether oxygens (including phenoxy) is 1. The van der Waals surface area contributed by atoms with Gasteiger partial charge in [-0.2, -0.15) is 0 Å². The number of carbonyl (C=O) groups is 2. The monoisotopic (exact) mass is 479 g/mol. The lowest BCUT2D eigenvalue weighted by molar-refractivity contribution is -0.134. The number of nitrogens with zero attached hydrogens (tertiary/aromatic N) is 2. The minimum absolute atomic E-state index is 0.0510. The van der Waals surface area contributed by atoms with Gasteiger partial charge in [-0.1, -0.05) is 32.0 Å². The number of amides is 2. The van der Waals surface area contributed by atoms with Crippen LogP contribution in [0.4, 0.5) is 4.39 Å². The molecule has 8 heteroatoms. The Morgan fingerprint density at radius 1 is 1.23 bits per heavy atom. The molecule has 0 saturated carbocycles. The number of benzene rings is 2. The number of aromatic nitrogens is 1. The molecule has 3 aromatic rings. The predicted octanol–water partition coefficient (Wildman–Crippen LogP) is 4.66. The van der Waals surface area contributed by atoms with Crippen LogP contribution in [0, 0.1) is 11.7 Å². The fraction of sp³-hybridized carbons (Fsp3) is 0.370. The van der Waals surface area contributed by atoms with Crippen molar-refractivity contribution in [1.82, 2.24) is 15.2 Å². The van der Waals surface area contributed by atoms with E-state index in [1.807, 2.05) is 43.9 Å². The van der Waals surface area contributed by atoms with Crippen molar-refractivity contribution in [2.75, 3.05) is 13.1 Å². The maximum absolute atomic E-state index is 13.7. The Kier molecular flexibility index (Phi) is 7.48. The third-order valence-corrected chi connectivity index (χ3v) is 5.92. The van der Waals surface area contributed by atoms with E-state index in [-0.39, 0.29) is 47.8 Å². The molecule has 1 N–H and O–H groups in total. The van der Waals surface area contributed by atoms with Gasteiger partial charge in [-0.3, -0.25) is 9.59 Å². The predicted molar refractivity (Wildman–Crippen MR) is 128 cm³/mol. The molecule has 1 aliphatic heterocycles. The lowest BCUT2D eigenvalue weighted by Crippen LogP contribution is -2.41. The lowest BCUT2D eigenvalue weighted by Gasteiger charge is -2.38. The third-order valence-electron chi connectivity index (χ3n) is 5.92. The number of hydrogen-bond donors (Lipinski definition) is 1. The average molecular weight is 480 g/mol. The summed E-state index contributed by atoms with van der Waals surface area (Å²) in [6.45, 7) is 7.02. The van der Waals surface area contributed by atoms with E-state index in [4.69, 9.17) is 9.15 Å². The van der Waals surface area contributed by atoms with Gasteiger partial charge in [-0.15, -0.1) is 0 Å². The average Bonchev–Trinajstić information content (AvgIpc) is 3.31. The van der Waals surface area contributed by atoms with Crippen molar-refractivity contribution < 1.29 is 23.1 Å². The van der Waals surface area contributed by atoms with Crippen LogP contribution in [0.3, 0.4) is 0 Å². The van der Waals surface area contributed by atoms with Crippen LogP contribution < -0.4 is 10.1 Å². The second-order valence-electron chi connectivity index (χ2n) is 9.02. The van der Waals surface area contributed by atoms with Crippen LogP contribution in [-0.2, 0) is 17.8 Å². The lowest BCUT2D eigenvalue weighted by atomic mass is 9.87. The smallest absolute Gasteiger partial charge is 0.273 e. The van der Waals surface area contributed by atoms with Gasteiger partial charge in [-0.25, -0.2) is 9.37 Å². The highest BCUT2D eigenvalue weighted by Crippen LogP contribution is 2.38. The summed E-state index contributed by atoms with van der Waals surface area (Å²) in [5, 5.41) is 2.67. The quantitative estimate of drug-likeness (QED) is 0.508. The molecule has 35 heavy (non-hydrogen) atoms. The number of carbonyl (C=O) groups excluding carboxylic acids is 2. The van der Waals surface area contributed by atoms with Gasteiger partial charge < -0.3 is 19.4 Å². The molecule has 184 valence electrons. The molecule has 4 rings (SSSR count). The first-order chi connectivity index (χ1) is 16.9. The van der Waals surface area contributed by atoms with Gasteiger partial charge >= 0.3 is 0 Å². The van der Waals surface area contributed by atoms with Crippen LogP contribution in [0.25, 0.3) is 0 Å². The van der Waals surface area contributed by atoms with Crippen molar-refractivity contribution in [2.24, 2.45) is 5.92 Å². The molecule has 0 spiro atoms. The van der Waals surface area contributed by atoms with Gasteiger partial charge in [0.1, 0.15) is 17.8 Å². The van der Waals surface area contributed by atoms with Gasteiger partial charge in [0, 0.05) is 19.5 Å². The molecule has 0 saturated heterocycles. The molecule has 0 fully saturated rings. The topological polar surface area (TPSA) is 84.7 Å². The summed E-state index contributed by atoms with van der Waals surface area (Å²) in [5.74, 6) is 0.561. The third kappa shape index (κ3) is 5.70. The summed E-state index contributed by atoms with van der Waals surface area (Å²) in [6.07, 6.45) is 2.48. The molecular formula is C27H30FN3O4. The Hall–Kier alpha value is -3.68. The van der Waals surface area contributed by atoms with E-state index in [0.717, 1.165) is 23.1 Å². The molecular weight excluding hydrogens is 449 g/mol. The van der Waals surface area contributed by atoms with Crippen LogP contribution in [0.5, 0.6) is 5.75 Å². The zero-order valence-corrected chi connectivity index (χ0v) is 20.2. The van der Waals surface area contributed by atoms with Crippen molar-refractivity contribution in [1.29, 1.82) is 0 Å². The Labute approximate surface area is 204 Å². The normalized spacial score (nSPS) is 15.1. The highest BCUT2D eigenvalue weighted by atomic mass is 19.1. The fourth-order valence-electron chi connectivity index (χ4n) is 4.30.